The van der Waals surface area contributed by atoms with Gasteiger partial charge >= 0.3 is 17.9 Å². The second-order valence-corrected chi connectivity index (χ2v) is 19.8. The van der Waals surface area contributed by atoms with Crippen molar-refractivity contribution in [3.63, 3.8) is 0 Å². The number of rotatable bonds is 9. The van der Waals surface area contributed by atoms with E-state index in [0.717, 1.165) is 18.1 Å². The van der Waals surface area contributed by atoms with Crippen molar-refractivity contribution in [3.05, 3.63) is 47.0 Å². The van der Waals surface area contributed by atoms with Crippen molar-refractivity contribution in [3.8, 4) is 0 Å². The third-order valence-corrected chi connectivity index (χ3v) is 17.2. The fourth-order valence-electron chi connectivity index (χ4n) is 9.36. The molecule has 0 radical (unpaired) electrons. The summed E-state index contributed by atoms with van der Waals surface area (Å²) in [6, 6.07) is 10.6. The molecule has 4 aliphatic rings. The van der Waals surface area contributed by atoms with Gasteiger partial charge in [0.1, 0.15) is 17.8 Å². The maximum atomic E-state index is 15.6. The van der Waals surface area contributed by atoms with Crippen LogP contribution in [0.2, 0.25) is 18.1 Å². The molecule has 1 aromatic rings. The summed E-state index contributed by atoms with van der Waals surface area (Å²) in [4.78, 5) is 55.5. The van der Waals surface area contributed by atoms with E-state index in [4.69, 9.17) is 23.4 Å². The zero-order valence-electron chi connectivity index (χ0n) is 30.2. The summed E-state index contributed by atoms with van der Waals surface area (Å²) in [5.41, 5.74) is -5.83. The van der Waals surface area contributed by atoms with Gasteiger partial charge in [-0.1, -0.05) is 52.8 Å². The lowest BCUT2D eigenvalue weighted by Gasteiger charge is -2.68. The molecular weight excluding hydrogens is 648 g/mol. The molecule has 270 valence electrons. The number of esters is 3. The van der Waals surface area contributed by atoms with Crippen LogP contribution in [0.25, 0.3) is 0 Å². The van der Waals surface area contributed by atoms with Crippen LogP contribution in [0.3, 0.4) is 0 Å². The second-order valence-electron chi connectivity index (χ2n) is 15.1. The van der Waals surface area contributed by atoms with Crippen LogP contribution in [-0.2, 0) is 37.8 Å². The van der Waals surface area contributed by atoms with Crippen molar-refractivity contribution >= 4 is 32.0 Å². The number of carbonyl (C=O) groups excluding carboxylic acids is 4. The predicted molar refractivity (Wildman–Crippen MR) is 181 cm³/mol. The van der Waals surface area contributed by atoms with Gasteiger partial charge < -0.3 is 33.6 Å². The molecule has 0 unspecified atom stereocenters. The van der Waals surface area contributed by atoms with Crippen molar-refractivity contribution in [1.82, 2.24) is 0 Å². The molecule has 3 aliphatic carbocycles. The second kappa shape index (κ2) is 13.0. The monoisotopic (exact) mass is 700 g/mol. The summed E-state index contributed by atoms with van der Waals surface area (Å²) in [7, 11) is -2.48. The Morgan fingerprint density at radius 2 is 1.59 bits per heavy atom. The molecule has 1 aliphatic heterocycles. The molecule has 9 atom stereocenters. The number of fused-ring (bicyclic) bond motifs is 5. The van der Waals surface area contributed by atoms with Crippen molar-refractivity contribution < 1.29 is 52.8 Å². The van der Waals surface area contributed by atoms with E-state index in [1.54, 1.807) is 58.0 Å². The zero-order valence-corrected chi connectivity index (χ0v) is 31.2. The van der Waals surface area contributed by atoms with E-state index in [1.165, 1.54) is 13.8 Å². The first-order chi connectivity index (χ1) is 22.9. The SMILES string of the molecule is CC[Si](CC)(CC)O[C@H]1C[C@H]2OC[C@@]2(OC(C)=O)[C@H]2[C@H](OC(=O)c3ccccc3)[C@]3(O)C[C@H](O)C(C)=C([C@@H](OC(C)=O)C(=O)[C@]12C)C3(C)C. The van der Waals surface area contributed by atoms with Gasteiger partial charge in [-0.3, -0.25) is 14.4 Å². The number of Topliss-reactive ketones (excluding diaryl/α,β-unsaturated/α-hetero) is 1. The third kappa shape index (κ3) is 5.62. The van der Waals surface area contributed by atoms with E-state index in [2.05, 4.69) is 20.8 Å². The highest BCUT2D eigenvalue weighted by Crippen LogP contribution is 2.65. The van der Waals surface area contributed by atoms with E-state index in [1.807, 2.05) is 0 Å². The van der Waals surface area contributed by atoms with Crippen LogP contribution in [-0.4, -0.2) is 90.6 Å². The number of hydrogen-bond acceptors (Lipinski definition) is 11. The molecular formula is C37H52O11Si. The average Bonchev–Trinajstić information content (AvgIpc) is 3.04. The van der Waals surface area contributed by atoms with Crippen LogP contribution in [0.15, 0.2) is 41.5 Å². The Morgan fingerprint density at radius 1 is 0.980 bits per heavy atom. The van der Waals surface area contributed by atoms with Gasteiger partial charge in [-0.05, 0) is 55.3 Å². The molecule has 11 nitrogen and oxygen atoms in total. The molecule has 3 fully saturated rings. The van der Waals surface area contributed by atoms with Crippen LogP contribution < -0.4 is 0 Å². The van der Waals surface area contributed by atoms with Crippen molar-refractivity contribution in [2.75, 3.05) is 6.61 Å². The van der Waals surface area contributed by atoms with Gasteiger partial charge in [0.15, 0.2) is 25.8 Å². The van der Waals surface area contributed by atoms with Crippen LogP contribution in [0, 0.1) is 16.7 Å². The van der Waals surface area contributed by atoms with Crippen molar-refractivity contribution in [1.29, 1.82) is 0 Å². The molecule has 49 heavy (non-hydrogen) atoms. The van der Waals surface area contributed by atoms with Gasteiger partial charge in [0.25, 0.3) is 0 Å². The largest absolute Gasteiger partial charge is 0.455 e. The lowest BCUT2D eigenvalue weighted by Crippen LogP contribution is -2.82. The fraction of sp³-hybridized carbons (Fsp3) is 0.676. The molecule has 12 heteroatoms. The maximum absolute atomic E-state index is 15.6. The summed E-state index contributed by atoms with van der Waals surface area (Å²) < 4.78 is 31.9. The number of hydrogen-bond donors (Lipinski definition) is 2. The Balaban J connectivity index is 1.88. The zero-order chi connectivity index (χ0) is 36.3. The number of carbonyl (C=O) groups is 4. The van der Waals surface area contributed by atoms with Crippen LogP contribution >= 0.6 is 0 Å². The van der Waals surface area contributed by atoms with Gasteiger partial charge in [-0.25, -0.2) is 4.79 Å². The van der Waals surface area contributed by atoms with E-state index in [0.29, 0.717) is 5.57 Å². The van der Waals surface area contributed by atoms with Crippen molar-refractivity contribution in [2.24, 2.45) is 16.7 Å². The fourth-order valence-corrected chi connectivity index (χ4v) is 12.3. The summed E-state index contributed by atoms with van der Waals surface area (Å²) in [6.07, 6.45) is -6.04. The minimum Gasteiger partial charge on any atom is -0.455 e. The van der Waals surface area contributed by atoms with Gasteiger partial charge in [-0.15, -0.1) is 0 Å². The highest BCUT2D eigenvalue weighted by atomic mass is 28.4. The summed E-state index contributed by atoms with van der Waals surface area (Å²) in [5.74, 6) is -3.91. The Morgan fingerprint density at radius 3 is 2.10 bits per heavy atom. The smallest absolute Gasteiger partial charge is 0.338 e. The number of aliphatic hydroxyl groups excluding tert-OH is 1. The number of benzene rings is 1. The summed E-state index contributed by atoms with van der Waals surface area (Å²) in [5, 5.41) is 24.8. The van der Waals surface area contributed by atoms with Crippen LogP contribution in [0.5, 0.6) is 0 Å². The molecule has 2 bridgehead atoms. The normalized spacial score (nSPS) is 36.7. The minimum absolute atomic E-state index is 0.131. The summed E-state index contributed by atoms with van der Waals surface area (Å²) >= 11 is 0. The molecule has 0 amide bonds. The van der Waals surface area contributed by atoms with E-state index >= 15 is 4.79 Å². The lowest BCUT2D eigenvalue weighted by atomic mass is 9.44. The topological polar surface area (TPSA) is 155 Å². The quantitative estimate of drug-likeness (QED) is 0.160. The Hall–Kier alpha value is -2.90. The van der Waals surface area contributed by atoms with Gasteiger partial charge in [0.2, 0.25) is 0 Å². The average molecular weight is 701 g/mol. The number of ether oxygens (including phenoxy) is 4. The number of aliphatic hydroxyl groups is 2. The molecule has 0 spiro atoms. The Labute approximate surface area is 289 Å². The van der Waals surface area contributed by atoms with Crippen LogP contribution in [0.4, 0.5) is 0 Å². The molecule has 2 saturated carbocycles. The van der Waals surface area contributed by atoms with Crippen LogP contribution in [0.1, 0.15) is 85.5 Å². The molecule has 1 heterocycles. The Bertz CT molecular complexity index is 1510. The standard InChI is InChI=1S/C37H52O11Si/c1-10-49(11-2,12-3)48-26-18-27-36(20-44-27,47-23(6)39)30-32(46-33(42)24-16-14-13-15-17-24)37(43)19-25(40)21(4)28(34(37,7)8)29(45-22(5)38)31(41)35(26,30)9/h13-17,25-27,29-30,32,40,43H,10-12,18-20H2,1-9H3/t25-,26-,27+,29+,30-,32-,35+,36-,37+/m0/s1. The van der Waals surface area contributed by atoms with E-state index < -0.39 is 90.5 Å². The first kappa shape index (κ1) is 37.4. The molecule has 2 N–H and O–H groups in total. The highest BCUT2D eigenvalue weighted by Gasteiger charge is 2.78. The minimum atomic E-state index is -2.48. The highest BCUT2D eigenvalue weighted by molar-refractivity contribution is 6.73. The van der Waals surface area contributed by atoms with Crippen molar-refractivity contribution in [2.45, 2.75) is 135 Å². The maximum Gasteiger partial charge on any atom is 0.338 e. The van der Waals surface area contributed by atoms with Gasteiger partial charge in [0.05, 0.1) is 35.7 Å². The molecule has 1 aromatic carbocycles. The third-order valence-electron chi connectivity index (χ3n) is 12.5. The first-order valence-electron chi connectivity index (χ1n) is 17.5. The molecule has 0 aromatic heterocycles. The Kier molecular flexibility index (Phi) is 9.92. The summed E-state index contributed by atoms with van der Waals surface area (Å²) in [6.45, 7) is 15.3. The van der Waals surface area contributed by atoms with Gasteiger partial charge in [0, 0.05) is 32.1 Å². The molecule has 5 rings (SSSR count). The number of ketones is 1. The van der Waals surface area contributed by atoms with E-state index in [9.17, 15) is 24.6 Å². The first-order valence-corrected chi connectivity index (χ1v) is 20.0. The van der Waals surface area contributed by atoms with E-state index in [-0.39, 0.29) is 30.6 Å². The predicted octanol–water partition coefficient (Wildman–Crippen LogP) is 4.68. The molecule has 1 saturated heterocycles. The lowest BCUT2D eigenvalue weighted by molar-refractivity contribution is -0.344. The van der Waals surface area contributed by atoms with Gasteiger partial charge in [-0.2, -0.15) is 0 Å².